The molecule has 0 aliphatic heterocycles. The van der Waals surface area contributed by atoms with Gasteiger partial charge < -0.3 is 9.30 Å². The molecule has 1 amide bonds. The van der Waals surface area contributed by atoms with E-state index in [0.717, 1.165) is 34.2 Å². The number of hydrogen-bond donors (Lipinski definition) is 2. The largest absolute Gasteiger partial charge is 0.481 e. The zero-order valence-corrected chi connectivity index (χ0v) is 18.7. The van der Waals surface area contributed by atoms with Gasteiger partial charge in [0.05, 0.1) is 7.11 Å². The van der Waals surface area contributed by atoms with E-state index in [-0.39, 0.29) is 18.5 Å². The molecule has 0 spiro atoms. The van der Waals surface area contributed by atoms with Crippen LogP contribution in [0.2, 0.25) is 0 Å². The molecule has 1 aromatic carbocycles. The summed E-state index contributed by atoms with van der Waals surface area (Å²) in [5.74, 6) is -1.32. The van der Waals surface area contributed by atoms with Crippen LogP contribution in [0.25, 0.3) is 22.3 Å². The molecule has 0 bridgehead atoms. The van der Waals surface area contributed by atoms with E-state index in [2.05, 4.69) is 4.98 Å². The number of ether oxygens (including phenoxy) is 1. The molecule has 11 heteroatoms. The minimum atomic E-state index is -3.84. The first-order valence-corrected chi connectivity index (χ1v) is 11.7. The van der Waals surface area contributed by atoms with Gasteiger partial charge in [-0.1, -0.05) is 24.3 Å². The first-order valence-electron chi connectivity index (χ1n) is 9.77. The summed E-state index contributed by atoms with van der Waals surface area (Å²) in [5.41, 5.74) is 2.98. The van der Waals surface area contributed by atoms with E-state index < -0.39 is 32.4 Å². The number of methoxy groups -OCH3 is 1. The van der Waals surface area contributed by atoms with E-state index in [1.807, 2.05) is 6.07 Å². The minimum Gasteiger partial charge on any atom is -0.481 e. The zero-order valence-electron chi connectivity index (χ0n) is 17.9. The summed E-state index contributed by atoms with van der Waals surface area (Å²) >= 11 is 0. The van der Waals surface area contributed by atoms with Crippen molar-refractivity contribution < 1.29 is 27.5 Å². The van der Waals surface area contributed by atoms with Gasteiger partial charge in [0.15, 0.2) is 9.84 Å². The third kappa shape index (κ3) is 5.62. The molecule has 2 heterocycles. The van der Waals surface area contributed by atoms with Crippen LogP contribution in [0.4, 0.5) is 4.39 Å². The summed E-state index contributed by atoms with van der Waals surface area (Å²) < 4.78 is 44.3. The van der Waals surface area contributed by atoms with Gasteiger partial charge in [-0.25, -0.2) is 23.3 Å². The standard InChI is InChI=1S/C22H22FN3O6S/c1-32-20-8-7-16(12-24-20)14-3-5-15(6-4-14)17-11-21(27)26(13-18(17)23)10-9-19(22(28)25-29)33(2,30)31/h3-8,11-13,19,29H,9-10H2,1-2H3,(H,25,28)/t19-/m1/s1. The summed E-state index contributed by atoms with van der Waals surface area (Å²) in [5, 5.41) is 7.17. The molecule has 0 unspecified atom stereocenters. The topological polar surface area (TPSA) is 128 Å². The number of nitrogens with one attached hydrogen (secondary N) is 1. The summed E-state index contributed by atoms with van der Waals surface area (Å²) in [6, 6.07) is 11.6. The van der Waals surface area contributed by atoms with Gasteiger partial charge in [-0.05, 0) is 23.6 Å². The van der Waals surface area contributed by atoms with Crippen molar-refractivity contribution in [3.63, 3.8) is 0 Å². The van der Waals surface area contributed by atoms with Crippen LogP contribution in [0.5, 0.6) is 5.88 Å². The lowest BCUT2D eigenvalue weighted by molar-refractivity contribution is -0.128. The van der Waals surface area contributed by atoms with E-state index in [4.69, 9.17) is 9.94 Å². The maximum absolute atomic E-state index is 14.8. The number of sulfone groups is 1. The van der Waals surface area contributed by atoms with Crippen LogP contribution in [-0.2, 0) is 21.2 Å². The summed E-state index contributed by atoms with van der Waals surface area (Å²) in [7, 11) is -2.32. The number of carbonyl (C=O) groups excluding carboxylic acids is 1. The Labute approximate surface area is 189 Å². The molecule has 0 aliphatic rings. The Bertz CT molecular complexity index is 1310. The smallest absolute Gasteiger partial charge is 0.261 e. The van der Waals surface area contributed by atoms with Crippen molar-refractivity contribution >= 4 is 15.7 Å². The third-order valence-electron chi connectivity index (χ3n) is 5.10. The molecule has 0 saturated carbocycles. The maximum Gasteiger partial charge on any atom is 0.261 e. The molecule has 1 atom stereocenters. The molecule has 3 aromatic rings. The lowest BCUT2D eigenvalue weighted by atomic mass is 10.0. The van der Waals surface area contributed by atoms with Crippen molar-refractivity contribution in [3.05, 3.63) is 71.0 Å². The monoisotopic (exact) mass is 475 g/mol. The average molecular weight is 475 g/mol. The number of hydroxylamine groups is 1. The molecule has 0 saturated heterocycles. The van der Waals surface area contributed by atoms with Crippen LogP contribution in [-0.4, -0.2) is 47.7 Å². The van der Waals surface area contributed by atoms with Crippen LogP contribution >= 0.6 is 0 Å². The molecule has 2 aromatic heterocycles. The normalized spacial score (nSPS) is 12.2. The maximum atomic E-state index is 14.8. The van der Waals surface area contributed by atoms with Crippen molar-refractivity contribution in [2.45, 2.75) is 18.2 Å². The third-order valence-corrected chi connectivity index (χ3v) is 6.59. The quantitative estimate of drug-likeness (QED) is 0.377. The van der Waals surface area contributed by atoms with Crippen molar-refractivity contribution in [1.82, 2.24) is 15.0 Å². The van der Waals surface area contributed by atoms with Gasteiger partial charge >= 0.3 is 0 Å². The van der Waals surface area contributed by atoms with Crippen LogP contribution in [0.3, 0.4) is 0 Å². The Hall–Kier alpha value is -3.57. The fraction of sp³-hybridized carbons (Fsp3) is 0.227. The van der Waals surface area contributed by atoms with Crippen LogP contribution < -0.4 is 15.8 Å². The number of carbonyl (C=O) groups is 1. The van der Waals surface area contributed by atoms with Gasteiger partial charge in [-0.2, -0.15) is 0 Å². The van der Waals surface area contributed by atoms with Crippen molar-refractivity contribution in [2.24, 2.45) is 0 Å². The Balaban J connectivity index is 1.82. The number of nitrogens with zero attached hydrogens (tertiary/aromatic N) is 2. The zero-order chi connectivity index (χ0) is 24.2. The molecule has 2 N–H and O–H groups in total. The van der Waals surface area contributed by atoms with E-state index in [1.165, 1.54) is 12.6 Å². The highest BCUT2D eigenvalue weighted by atomic mass is 32.2. The van der Waals surface area contributed by atoms with E-state index in [1.54, 1.807) is 36.5 Å². The lowest BCUT2D eigenvalue weighted by Crippen LogP contribution is -2.39. The Morgan fingerprint density at radius 3 is 2.36 bits per heavy atom. The second-order valence-corrected chi connectivity index (χ2v) is 9.54. The highest BCUT2D eigenvalue weighted by Gasteiger charge is 2.28. The highest BCUT2D eigenvalue weighted by Crippen LogP contribution is 2.26. The van der Waals surface area contributed by atoms with E-state index in [0.29, 0.717) is 11.4 Å². The molecule has 174 valence electrons. The number of aryl methyl sites for hydroxylation is 1. The molecular formula is C22H22FN3O6S. The number of benzene rings is 1. The first kappa shape index (κ1) is 24.1. The predicted octanol–water partition coefficient (Wildman–Crippen LogP) is 2.03. The van der Waals surface area contributed by atoms with Gasteiger partial charge in [-0.3, -0.25) is 14.8 Å². The average Bonchev–Trinajstić information content (AvgIpc) is 2.80. The molecule has 0 fully saturated rings. The van der Waals surface area contributed by atoms with Gasteiger partial charge in [-0.15, -0.1) is 0 Å². The summed E-state index contributed by atoms with van der Waals surface area (Å²) in [4.78, 5) is 28.3. The number of amides is 1. The van der Waals surface area contributed by atoms with Gasteiger partial charge in [0.1, 0.15) is 11.1 Å². The van der Waals surface area contributed by atoms with Crippen molar-refractivity contribution in [2.75, 3.05) is 13.4 Å². The molecular weight excluding hydrogens is 453 g/mol. The number of pyridine rings is 2. The van der Waals surface area contributed by atoms with Gasteiger partial charge in [0, 0.05) is 48.5 Å². The Morgan fingerprint density at radius 2 is 1.82 bits per heavy atom. The lowest BCUT2D eigenvalue weighted by Gasteiger charge is -2.14. The molecule has 3 rings (SSSR count). The van der Waals surface area contributed by atoms with Crippen molar-refractivity contribution in [1.29, 1.82) is 0 Å². The second kappa shape index (κ2) is 9.92. The number of aromatic nitrogens is 2. The van der Waals surface area contributed by atoms with Crippen molar-refractivity contribution in [3.8, 4) is 28.1 Å². The Kier molecular flexibility index (Phi) is 7.24. The molecule has 9 nitrogen and oxygen atoms in total. The predicted molar refractivity (Wildman–Crippen MR) is 119 cm³/mol. The van der Waals surface area contributed by atoms with Gasteiger partial charge in [0.25, 0.3) is 11.5 Å². The van der Waals surface area contributed by atoms with E-state index in [9.17, 15) is 22.4 Å². The van der Waals surface area contributed by atoms with Gasteiger partial charge in [0.2, 0.25) is 5.88 Å². The van der Waals surface area contributed by atoms with Crippen LogP contribution in [0, 0.1) is 5.82 Å². The second-order valence-electron chi connectivity index (χ2n) is 7.32. The molecule has 33 heavy (non-hydrogen) atoms. The first-order chi connectivity index (χ1) is 15.6. The fourth-order valence-electron chi connectivity index (χ4n) is 3.32. The fourth-order valence-corrected chi connectivity index (χ4v) is 4.30. The van der Waals surface area contributed by atoms with Crippen LogP contribution in [0.1, 0.15) is 6.42 Å². The summed E-state index contributed by atoms with van der Waals surface area (Å²) in [6.07, 6.45) is 3.14. The minimum absolute atomic E-state index is 0.0865. The van der Waals surface area contributed by atoms with E-state index >= 15 is 0 Å². The molecule has 0 radical (unpaired) electrons. The number of hydrogen-bond acceptors (Lipinski definition) is 7. The Morgan fingerprint density at radius 1 is 1.18 bits per heavy atom. The molecule has 0 aliphatic carbocycles. The number of halogens is 1. The van der Waals surface area contributed by atoms with Crippen LogP contribution in [0.15, 0.2) is 59.7 Å². The number of rotatable bonds is 8. The highest BCUT2D eigenvalue weighted by molar-refractivity contribution is 7.92. The summed E-state index contributed by atoms with van der Waals surface area (Å²) in [6.45, 7) is -0.232. The SMILES string of the molecule is COc1ccc(-c2ccc(-c3cc(=O)n(CC[C@H](C(=O)NO)S(C)(=O)=O)cc3F)cc2)cn1.